The lowest BCUT2D eigenvalue weighted by Crippen LogP contribution is -2.04. The van der Waals surface area contributed by atoms with Gasteiger partial charge in [0, 0.05) is 8.04 Å². The number of rotatable bonds is 4. The average molecular weight is 559 g/mol. The molecular weight excluding hydrogens is 550 g/mol. The fourth-order valence-corrected chi connectivity index (χ4v) is 3.12. The number of hydrogen-bond acceptors (Lipinski definition) is 2. The highest BCUT2D eigenvalue weighted by molar-refractivity contribution is 14.1. The van der Waals surface area contributed by atoms with E-state index in [1.54, 1.807) is 12.1 Å². The Morgan fingerprint density at radius 1 is 1.10 bits per heavy atom. The van der Waals surface area contributed by atoms with Crippen LogP contribution in [0.3, 0.4) is 0 Å². The molecule has 0 heterocycles. The topological polar surface area (TPSA) is 46.5 Å². The molecule has 6 heteroatoms. The van der Waals surface area contributed by atoms with Crippen molar-refractivity contribution in [3.8, 4) is 5.75 Å². The maximum absolute atomic E-state index is 11.0. The first-order valence-corrected chi connectivity index (χ1v) is 8.52. The van der Waals surface area contributed by atoms with Gasteiger partial charge in [0.05, 0.1) is 9.13 Å². The third-order valence-electron chi connectivity index (χ3n) is 2.58. The zero-order valence-electron chi connectivity index (χ0n) is 10.1. The van der Waals surface area contributed by atoms with Gasteiger partial charge in [0.15, 0.2) is 0 Å². The van der Waals surface area contributed by atoms with Crippen LogP contribution >= 0.6 is 61.1 Å². The number of aromatic carboxylic acids is 1. The number of halogens is 3. The van der Waals surface area contributed by atoms with Crippen LogP contribution in [0.2, 0.25) is 0 Å². The minimum atomic E-state index is -0.924. The van der Waals surface area contributed by atoms with Gasteiger partial charge in [-0.05, 0) is 75.0 Å². The highest BCUT2D eigenvalue weighted by Crippen LogP contribution is 2.29. The van der Waals surface area contributed by atoms with Crippen LogP contribution < -0.4 is 4.74 Å². The molecule has 0 unspecified atom stereocenters. The second-order valence-electron chi connectivity index (χ2n) is 3.96. The SMILES string of the molecule is O=C(O)c1ccc(OCc2ccc(Br)cc2)c(I)c1I. The first kappa shape index (κ1) is 16.0. The third-order valence-corrected chi connectivity index (χ3v) is 6.34. The molecule has 0 saturated carbocycles. The summed E-state index contributed by atoms with van der Waals surface area (Å²) in [7, 11) is 0. The van der Waals surface area contributed by atoms with E-state index >= 15 is 0 Å². The Labute approximate surface area is 152 Å². The Hall–Kier alpha value is -0.350. The van der Waals surface area contributed by atoms with Gasteiger partial charge in [-0.3, -0.25) is 0 Å². The van der Waals surface area contributed by atoms with Crippen LogP contribution in [0.15, 0.2) is 40.9 Å². The van der Waals surface area contributed by atoms with E-state index in [1.165, 1.54) is 0 Å². The fourth-order valence-electron chi connectivity index (χ4n) is 1.55. The summed E-state index contributed by atoms with van der Waals surface area (Å²) >= 11 is 7.52. The quantitative estimate of drug-likeness (QED) is 0.541. The Kier molecular flexibility index (Phi) is 5.67. The van der Waals surface area contributed by atoms with Crippen LogP contribution in [0.1, 0.15) is 15.9 Å². The van der Waals surface area contributed by atoms with Crippen molar-refractivity contribution in [2.45, 2.75) is 6.61 Å². The summed E-state index contributed by atoms with van der Waals surface area (Å²) in [5.41, 5.74) is 1.35. The lowest BCUT2D eigenvalue weighted by Gasteiger charge is -2.11. The Balaban J connectivity index is 2.16. The molecule has 104 valence electrons. The van der Waals surface area contributed by atoms with Crippen LogP contribution in [-0.4, -0.2) is 11.1 Å². The number of carbonyl (C=O) groups is 1. The van der Waals surface area contributed by atoms with Gasteiger partial charge >= 0.3 is 5.97 Å². The van der Waals surface area contributed by atoms with Crippen molar-refractivity contribution < 1.29 is 14.6 Å². The van der Waals surface area contributed by atoms with Gasteiger partial charge in [0.1, 0.15) is 12.4 Å². The first-order chi connectivity index (χ1) is 9.49. The molecule has 3 nitrogen and oxygen atoms in total. The van der Waals surface area contributed by atoms with Crippen LogP contribution in [0.5, 0.6) is 5.75 Å². The summed E-state index contributed by atoms with van der Waals surface area (Å²) in [5.74, 6) is -0.227. The van der Waals surface area contributed by atoms with Crippen LogP contribution in [0.25, 0.3) is 0 Å². The van der Waals surface area contributed by atoms with Gasteiger partial charge in [-0.1, -0.05) is 28.1 Å². The lowest BCUT2D eigenvalue weighted by molar-refractivity contribution is 0.0695. The second-order valence-corrected chi connectivity index (χ2v) is 7.03. The monoisotopic (exact) mass is 558 g/mol. The second kappa shape index (κ2) is 7.08. The van der Waals surface area contributed by atoms with E-state index in [2.05, 4.69) is 38.5 Å². The summed E-state index contributed by atoms with van der Waals surface area (Å²) in [4.78, 5) is 11.0. The lowest BCUT2D eigenvalue weighted by atomic mass is 10.2. The number of benzene rings is 2. The fraction of sp³-hybridized carbons (Fsp3) is 0.0714. The van der Waals surface area contributed by atoms with Crippen LogP contribution in [0, 0.1) is 7.14 Å². The van der Waals surface area contributed by atoms with Crippen LogP contribution in [-0.2, 0) is 6.61 Å². The molecule has 0 aliphatic heterocycles. The number of carboxylic acid groups (broad SMARTS) is 1. The normalized spacial score (nSPS) is 10.3. The molecule has 0 aromatic heterocycles. The molecule has 2 rings (SSSR count). The molecule has 0 radical (unpaired) electrons. The van der Waals surface area contributed by atoms with E-state index in [-0.39, 0.29) is 0 Å². The summed E-state index contributed by atoms with van der Waals surface area (Å²) in [5, 5.41) is 9.06. The molecule has 0 spiro atoms. The minimum Gasteiger partial charge on any atom is -0.488 e. The molecule has 0 fully saturated rings. The summed E-state index contributed by atoms with van der Waals surface area (Å²) in [6.07, 6.45) is 0. The zero-order chi connectivity index (χ0) is 14.7. The van der Waals surface area contributed by atoms with E-state index in [4.69, 9.17) is 9.84 Å². The van der Waals surface area contributed by atoms with E-state index in [0.29, 0.717) is 21.5 Å². The van der Waals surface area contributed by atoms with Crippen molar-refractivity contribution in [2.24, 2.45) is 0 Å². The highest BCUT2D eigenvalue weighted by atomic mass is 127. The van der Waals surface area contributed by atoms with Crippen molar-refractivity contribution in [3.63, 3.8) is 0 Å². The van der Waals surface area contributed by atoms with Gasteiger partial charge in [0.2, 0.25) is 0 Å². The number of carboxylic acids is 1. The van der Waals surface area contributed by atoms with Gasteiger partial charge in [-0.2, -0.15) is 0 Å². The van der Waals surface area contributed by atoms with Crippen molar-refractivity contribution in [3.05, 3.63) is 59.1 Å². The van der Waals surface area contributed by atoms with E-state index in [1.807, 2.05) is 46.9 Å². The first-order valence-electron chi connectivity index (χ1n) is 5.57. The molecular formula is C14H9BrI2O3. The van der Waals surface area contributed by atoms with Crippen molar-refractivity contribution >= 4 is 67.1 Å². The van der Waals surface area contributed by atoms with Gasteiger partial charge in [0.25, 0.3) is 0 Å². The molecule has 0 saturated heterocycles. The van der Waals surface area contributed by atoms with Gasteiger partial charge in [-0.15, -0.1) is 0 Å². The minimum absolute atomic E-state index is 0.297. The molecule has 0 bridgehead atoms. The Bertz CT molecular complexity index is 642. The van der Waals surface area contributed by atoms with Crippen molar-refractivity contribution in [2.75, 3.05) is 0 Å². The summed E-state index contributed by atoms with van der Waals surface area (Å²) < 4.78 is 8.30. The highest BCUT2D eigenvalue weighted by Gasteiger charge is 2.14. The molecule has 0 aliphatic carbocycles. The molecule has 2 aromatic carbocycles. The molecule has 0 amide bonds. The Morgan fingerprint density at radius 2 is 1.75 bits per heavy atom. The molecule has 0 atom stereocenters. The Morgan fingerprint density at radius 3 is 2.35 bits per heavy atom. The maximum Gasteiger partial charge on any atom is 0.336 e. The van der Waals surface area contributed by atoms with Crippen molar-refractivity contribution in [1.82, 2.24) is 0 Å². The largest absolute Gasteiger partial charge is 0.488 e. The average Bonchev–Trinajstić information content (AvgIpc) is 2.42. The molecule has 0 aliphatic rings. The number of ether oxygens (including phenoxy) is 1. The summed E-state index contributed by atoms with van der Waals surface area (Å²) in [6.45, 7) is 0.450. The predicted molar refractivity (Wildman–Crippen MR) is 97.3 cm³/mol. The van der Waals surface area contributed by atoms with Crippen molar-refractivity contribution in [1.29, 1.82) is 0 Å². The molecule has 20 heavy (non-hydrogen) atoms. The smallest absolute Gasteiger partial charge is 0.336 e. The maximum atomic E-state index is 11.0. The summed E-state index contributed by atoms with van der Waals surface area (Å²) in [6, 6.07) is 11.2. The standard InChI is InChI=1S/C14H9BrI2O3/c15-9-3-1-8(2-4-9)7-20-11-6-5-10(14(18)19)12(16)13(11)17/h1-6H,7H2,(H,18,19). The number of hydrogen-bond donors (Lipinski definition) is 1. The van der Waals surface area contributed by atoms with Crippen LogP contribution in [0.4, 0.5) is 0 Å². The van der Waals surface area contributed by atoms with E-state index in [0.717, 1.165) is 13.6 Å². The zero-order valence-corrected chi connectivity index (χ0v) is 16.0. The van der Waals surface area contributed by atoms with Gasteiger partial charge < -0.3 is 9.84 Å². The third kappa shape index (κ3) is 3.85. The van der Waals surface area contributed by atoms with E-state index in [9.17, 15) is 4.79 Å². The molecule has 1 N–H and O–H groups in total. The van der Waals surface area contributed by atoms with Gasteiger partial charge in [-0.25, -0.2) is 4.79 Å². The molecule has 2 aromatic rings. The van der Waals surface area contributed by atoms with E-state index < -0.39 is 5.97 Å². The predicted octanol–water partition coefficient (Wildman–Crippen LogP) is 4.94.